The maximum absolute atomic E-state index is 14.8. The van der Waals surface area contributed by atoms with Gasteiger partial charge in [-0.15, -0.1) is 0 Å². The van der Waals surface area contributed by atoms with Gasteiger partial charge in [0.15, 0.2) is 11.6 Å². The summed E-state index contributed by atoms with van der Waals surface area (Å²) in [5.74, 6) is -0.747. The number of anilines is 2. The average Bonchev–Trinajstić information content (AvgIpc) is 2.39. The van der Waals surface area contributed by atoms with Gasteiger partial charge in [-0.05, 0) is 110 Å². The summed E-state index contributed by atoms with van der Waals surface area (Å²) in [5, 5.41) is 24.6. The van der Waals surface area contributed by atoms with Gasteiger partial charge < -0.3 is 55.5 Å². The molecule has 83 heavy (non-hydrogen) atoms. The standard InChI is InChI=1S/C61H76FN13O8/c1-37(65-5)57(77)69-54(61(2,3)4)60(80)74-35-40-30-42(19-17-39(40)31-50(74)58(78)68-46-15-10-13-38-12-8-9-14-43(38)46)83-29-28-82-27-26-81-25-21-52(76)71(6)23-24-75-51(33-63)53-47-34-66-55(64)56(67-47)73-22-11-16-49(73)45-32-41(62)18-20-44(45)59(79)72(7)36-48(53)70-75/h8-9,12,14,17-20,30,32,34,37,46,49-50,54,65H,10-11,13,15-16,21-29,31,35-36H2,1-7H3,(H2,64,66)(H,68,78)(H,69,77)/t37-,46+,49+,50-,54+/m0/s1. The van der Waals surface area contributed by atoms with Crippen LogP contribution in [0.4, 0.5) is 16.0 Å². The van der Waals surface area contributed by atoms with E-state index in [0.29, 0.717) is 52.6 Å². The van der Waals surface area contributed by atoms with Gasteiger partial charge in [0.1, 0.15) is 42.0 Å². The van der Waals surface area contributed by atoms with Crippen LogP contribution in [0, 0.1) is 22.6 Å². The highest BCUT2D eigenvalue weighted by Gasteiger charge is 2.43. The number of nitrogens with two attached hydrogens (primary N) is 1. The number of amides is 5. The Hall–Kier alpha value is -8.00. The summed E-state index contributed by atoms with van der Waals surface area (Å²) in [5.41, 5.74) is 12.1. The van der Waals surface area contributed by atoms with Crippen molar-refractivity contribution in [2.24, 2.45) is 5.41 Å². The van der Waals surface area contributed by atoms with Gasteiger partial charge >= 0.3 is 0 Å². The number of halogens is 1. The number of aryl methyl sites for hydroxylation is 1. The molecule has 1 fully saturated rings. The number of rotatable bonds is 19. The van der Waals surface area contributed by atoms with Crippen molar-refractivity contribution in [3.63, 3.8) is 0 Å². The molecule has 3 aliphatic heterocycles. The number of fused-ring (bicyclic) bond motifs is 10. The van der Waals surface area contributed by atoms with Crippen molar-refractivity contribution in [1.82, 2.24) is 50.4 Å². The van der Waals surface area contributed by atoms with Crippen molar-refractivity contribution in [3.05, 3.63) is 117 Å². The number of benzene rings is 3. The van der Waals surface area contributed by atoms with Gasteiger partial charge in [0.2, 0.25) is 23.6 Å². The molecule has 21 nitrogen and oxygen atoms in total. The second-order valence-electron chi connectivity index (χ2n) is 22.9. The number of carbonyl (C=O) groups is 5. The van der Waals surface area contributed by atoms with Crippen LogP contribution in [-0.4, -0.2) is 149 Å². The number of hydrogen-bond donors (Lipinski definition) is 4. The summed E-state index contributed by atoms with van der Waals surface area (Å²) in [6.07, 6.45) is 5.96. The van der Waals surface area contributed by atoms with Crippen molar-refractivity contribution >= 4 is 41.2 Å². The summed E-state index contributed by atoms with van der Waals surface area (Å²) in [6.45, 7) is 9.63. The molecule has 3 aromatic carbocycles. The topological polar surface area (TPSA) is 256 Å². The lowest BCUT2D eigenvalue weighted by atomic mass is 9.83. The number of nitrogens with one attached hydrogen (secondary N) is 3. The molecule has 2 aromatic heterocycles. The zero-order valence-electron chi connectivity index (χ0n) is 48.5. The van der Waals surface area contributed by atoms with E-state index in [1.165, 1.54) is 39.5 Å². The Morgan fingerprint density at radius 3 is 2.49 bits per heavy atom. The molecule has 22 heteroatoms. The van der Waals surface area contributed by atoms with E-state index in [1.54, 1.807) is 37.9 Å². The van der Waals surface area contributed by atoms with E-state index in [4.69, 9.17) is 30.0 Å². The van der Waals surface area contributed by atoms with E-state index in [-0.39, 0.29) is 125 Å². The lowest BCUT2D eigenvalue weighted by Crippen LogP contribution is -2.62. The summed E-state index contributed by atoms with van der Waals surface area (Å²) in [4.78, 5) is 85.7. The van der Waals surface area contributed by atoms with Crippen molar-refractivity contribution in [2.45, 2.75) is 122 Å². The van der Waals surface area contributed by atoms with Crippen LogP contribution in [0.3, 0.4) is 0 Å². The predicted octanol–water partition coefficient (Wildman–Crippen LogP) is 5.41. The molecular formula is C61H76FN13O8. The highest BCUT2D eigenvalue weighted by molar-refractivity contribution is 5.96. The summed E-state index contributed by atoms with van der Waals surface area (Å²) >= 11 is 0. The Morgan fingerprint density at radius 1 is 0.952 bits per heavy atom. The van der Waals surface area contributed by atoms with Crippen LogP contribution in [0.1, 0.15) is 121 Å². The molecule has 1 saturated heterocycles. The lowest BCUT2D eigenvalue weighted by Gasteiger charge is -2.41. The highest BCUT2D eigenvalue weighted by Crippen LogP contribution is 2.41. The zero-order chi connectivity index (χ0) is 59.1. The Bertz CT molecular complexity index is 3270. The lowest BCUT2D eigenvalue weighted by molar-refractivity contribution is -0.147. The Kier molecular flexibility index (Phi) is 18.7. The van der Waals surface area contributed by atoms with Crippen LogP contribution in [0.15, 0.2) is 66.9 Å². The van der Waals surface area contributed by atoms with Crippen molar-refractivity contribution < 1.29 is 42.6 Å². The molecule has 5 heterocycles. The fourth-order valence-electron chi connectivity index (χ4n) is 11.5. The first-order valence-electron chi connectivity index (χ1n) is 28.6. The van der Waals surface area contributed by atoms with Crippen LogP contribution < -0.4 is 31.3 Å². The number of nitriles is 1. The van der Waals surface area contributed by atoms with E-state index in [1.807, 2.05) is 56.0 Å². The minimum Gasteiger partial charge on any atom is -0.491 e. The molecular weight excluding hydrogens is 1060 g/mol. The second kappa shape index (κ2) is 26.1. The second-order valence-corrected chi connectivity index (χ2v) is 22.9. The number of nitrogen functional groups attached to an aromatic ring is 1. The first-order chi connectivity index (χ1) is 39.8. The molecule has 1 aliphatic carbocycles. The van der Waals surface area contributed by atoms with Gasteiger partial charge in [0.25, 0.3) is 5.91 Å². The van der Waals surface area contributed by atoms with Gasteiger partial charge in [-0.1, -0.05) is 51.1 Å². The molecule has 440 valence electrons. The summed E-state index contributed by atoms with van der Waals surface area (Å²) in [7, 11) is 4.98. The van der Waals surface area contributed by atoms with Gasteiger partial charge in [0, 0.05) is 45.7 Å². The minimum absolute atomic E-state index is 0.00453. The molecule has 0 radical (unpaired) electrons. The molecule has 4 aliphatic rings. The maximum Gasteiger partial charge on any atom is 0.254 e. The van der Waals surface area contributed by atoms with E-state index in [2.05, 4.69) is 39.1 Å². The third-order valence-electron chi connectivity index (χ3n) is 16.2. The first kappa shape index (κ1) is 59.6. The Labute approximate surface area is 484 Å². The maximum atomic E-state index is 14.8. The van der Waals surface area contributed by atoms with Crippen LogP contribution in [0.5, 0.6) is 5.75 Å². The number of aromatic nitrogens is 4. The Morgan fingerprint density at radius 2 is 1.72 bits per heavy atom. The third kappa shape index (κ3) is 13.4. The van der Waals surface area contributed by atoms with Crippen LogP contribution in [0.25, 0.3) is 11.3 Å². The number of likely N-dealkylation sites (N-methyl/N-ethyl adjacent to an activating group) is 2. The van der Waals surface area contributed by atoms with Gasteiger partial charge in [0.05, 0.1) is 87.2 Å². The van der Waals surface area contributed by atoms with Crippen LogP contribution >= 0.6 is 0 Å². The van der Waals surface area contributed by atoms with E-state index in [9.17, 15) is 33.6 Å². The van der Waals surface area contributed by atoms with Gasteiger partial charge in [-0.3, -0.25) is 28.7 Å². The van der Waals surface area contributed by atoms with Crippen LogP contribution in [0.2, 0.25) is 0 Å². The van der Waals surface area contributed by atoms with Crippen LogP contribution in [-0.2, 0) is 61.1 Å². The average molecular weight is 1140 g/mol. The smallest absolute Gasteiger partial charge is 0.254 e. The normalized spacial score (nSPS) is 18.2. The van der Waals surface area contributed by atoms with Gasteiger partial charge in [-0.2, -0.15) is 10.4 Å². The molecule has 0 spiro atoms. The number of nitrogens with zero attached hydrogens (tertiary/aromatic N) is 9. The van der Waals surface area contributed by atoms with Gasteiger partial charge in [-0.25, -0.2) is 14.4 Å². The van der Waals surface area contributed by atoms with Crippen molar-refractivity contribution in [2.75, 3.05) is 77.9 Å². The molecule has 2 bridgehead atoms. The number of hydrogen-bond acceptors (Lipinski definition) is 15. The SMILES string of the molecule is CN[C@@H](C)C(=O)N[C@H](C(=O)N1Cc2cc(OCCOCCOCCC(=O)N(C)CCn3nc4c(c3C#N)-c3cnc(N)c(n3)N3CCC[C@@H]3c3cc(F)ccc3C(=O)N(C)C4)ccc2C[C@H]1C(=O)N[C@@H]1CCCc2ccccc21)C(C)(C)C. The number of ether oxygens (including phenoxy) is 3. The van der Waals surface area contributed by atoms with E-state index in [0.717, 1.165) is 42.4 Å². The predicted molar refractivity (Wildman–Crippen MR) is 308 cm³/mol. The zero-order valence-corrected chi connectivity index (χ0v) is 48.5. The monoisotopic (exact) mass is 1140 g/mol. The summed E-state index contributed by atoms with van der Waals surface area (Å²) < 4.78 is 33.9. The summed E-state index contributed by atoms with van der Waals surface area (Å²) in [6, 6.07) is 17.5. The first-order valence-corrected chi connectivity index (χ1v) is 28.6. The largest absolute Gasteiger partial charge is 0.491 e. The fraction of sp³-hybridized carbons (Fsp3) is 0.492. The molecule has 5 amide bonds. The van der Waals surface area contributed by atoms with E-state index < -0.39 is 29.4 Å². The molecule has 0 saturated carbocycles. The fourth-order valence-corrected chi connectivity index (χ4v) is 11.5. The molecule has 9 rings (SSSR count). The van der Waals surface area contributed by atoms with E-state index >= 15 is 0 Å². The van der Waals surface area contributed by atoms with Crippen molar-refractivity contribution in [1.29, 1.82) is 5.26 Å². The highest BCUT2D eigenvalue weighted by atomic mass is 19.1. The quantitative estimate of drug-likeness (QED) is 0.0755. The molecule has 0 unspecified atom stereocenters. The number of carbonyl (C=O) groups excluding carboxylic acids is 5. The Balaban J connectivity index is 0.761. The van der Waals surface area contributed by atoms with Crippen molar-refractivity contribution in [3.8, 4) is 23.1 Å². The molecule has 5 atom stereocenters. The molecule has 5 aromatic rings. The molecule has 5 N–H and O–H groups in total. The minimum atomic E-state index is -0.909. The third-order valence-corrected chi connectivity index (χ3v) is 16.2.